The summed E-state index contributed by atoms with van der Waals surface area (Å²) < 4.78 is 62.8. The van der Waals surface area contributed by atoms with Gasteiger partial charge in [0.1, 0.15) is 0 Å². The average molecular weight is 354 g/mol. The molecule has 120 valence electrons. The Bertz CT molecular complexity index is 816. The lowest BCUT2D eigenvalue weighted by Gasteiger charge is -2.12. The van der Waals surface area contributed by atoms with Crippen LogP contribution in [0.15, 0.2) is 24.5 Å². The van der Waals surface area contributed by atoms with Gasteiger partial charge in [-0.05, 0) is 24.6 Å². The van der Waals surface area contributed by atoms with E-state index in [4.69, 9.17) is 17.3 Å². The minimum Gasteiger partial charge on any atom is -0.397 e. The number of hydrogen-bond acceptors (Lipinski definition) is 4. The van der Waals surface area contributed by atoms with Gasteiger partial charge in [0.2, 0.25) is 0 Å². The summed E-state index contributed by atoms with van der Waals surface area (Å²) in [6.07, 6.45) is -2.40. The molecule has 0 saturated heterocycles. The normalized spacial score (nSPS) is 12.6. The maximum absolute atomic E-state index is 12.9. The molecule has 5 nitrogen and oxygen atoms in total. The average Bonchev–Trinajstić information content (AvgIpc) is 2.90. The number of anilines is 1. The van der Waals surface area contributed by atoms with Gasteiger partial charge in [-0.2, -0.15) is 22.4 Å². The Hall–Kier alpha value is -1.74. The van der Waals surface area contributed by atoms with E-state index in [0.717, 1.165) is 18.5 Å². The van der Waals surface area contributed by atoms with E-state index in [1.807, 2.05) is 0 Å². The van der Waals surface area contributed by atoms with Crippen molar-refractivity contribution in [2.24, 2.45) is 0 Å². The summed E-state index contributed by atoms with van der Waals surface area (Å²) in [5, 5.41) is 3.38. The molecule has 0 saturated carbocycles. The highest BCUT2D eigenvalue weighted by atomic mass is 35.5. The molecular weight excluding hydrogens is 343 g/mol. The summed E-state index contributed by atoms with van der Waals surface area (Å²) in [5.41, 5.74) is 3.94. The van der Waals surface area contributed by atoms with Crippen molar-refractivity contribution in [1.82, 2.24) is 9.19 Å². The maximum Gasteiger partial charge on any atom is 0.418 e. The first kappa shape index (κ1) is 16.6. The number of nitrogens with two attached hydrogens (primary N) is 1. The molecule has 2 aromatic rings. The second-order valence-electron chi connectivity index (χ2n) is 4.42. The molecule has 0 unspecified atom stereocenters. The molecule has 10 heteroatoms. The number of aromatic nitrogens is 2. The van der Waals surface area contributed by atoms with Crippen LogP contribution in [-0.2, 0) is 16.2 Å². The third-order valence-corrected chi connectivity index (χ3v) is 4.79. The van der Waals surface area contributed by atoms with Crippen LogP contribution < -0.4 is 5.73 Å². The molecule has 2 rings (SSSR count). The first-order valence-corrected chi connectivity index (χ1v) is 7.99. The third-order valence-electron chi connectivity index (χ3n) is 2.98. The van der Waals surface area contributed by atoms with Gasteiger partial charge in [-0.25, -0.2) is 8.42 Å². The number of hydrogen-bond donors (Lipinski definition) is 1. The summed E-state index contributed by atoms with van der Waals surface area (Å²) in [7, 11) is -3.62. The Labute approximate surface area is 129 Å². The first-order chi connectivity index (χ1) is 10.1. The Morgan fingerprint density at radius 2 is 1.95 bits per heavy atom. The van der Waals surface area contributed by atoms with Gasteiger partial charge in [0, 0.05) is 5.56 Å². The second-order valence-corrected chi connectivity index (χ2v) is 6.94. The number of benzene rings is 1. The van der Waals surface area contributed by atoms with Crippen LogP contribution in [0.3, 0.4) is 0 Å². The van der Waals surface area contributed by atoms with Crippen molar-refractivity contribution in [2.45, 2.75) is 13.1 Å². The standard InChI is InChI=1S/C12H11ClF3N3O2S/c1-2-22(20,21)19-6-8(5-18-19)7-3-9(12(14,15)16)11(17)10(13)4-7/h3-6H,2,17H2,1H3. The van der Waals surface area contributed by atoms with Gasteiger partial charge >= 0.3 is 6.18 Å². The molecule has 0 atom stereocenters. The van der Waals surface area contributed by atoms with Crippen LogP contribution in [0.1, 0.15) is 12.5 Å². The van der Waals surface area contributed by atoms with Crippen LogP contribution in [0.4, 0.5) is 18.9 Å². The van der Waals surface area contributed by atoms with Gasteiger partial charge in [-0.15, -0.1) is 0 Å². The summed E-state index contributed by atoms with van der Waals surface area (Å²) in [5.74, 6) is -0.190. The van der Waals surface area contributed by atoms with Crippen molar-refractivity contribution in [3.05, 3.63) is 35.1 Å². The lowest BCUT2D eigenvalue weighted by molar-refractivity contribution is -0.136. The van der Waals surface area contributed by atoms with E-state index in [1.165, 1.54) is 13.0 Å². The van der Waals surface area contributed by atoms with Crippen molar-refractivity contribution in [2.75, 3.05) is 11.5 Å². The van der Waals surface area contributed by atoms with Crippen molar-refractivity contribution in [3.8, 4) is 11.1 Å². The fourth-order valence-electron chi connectivity index (χ4n) is 1.76. The quantitative estimate of drug-likeness (QED) is 0.860. The fraction of sp³-hybridized carbons (Fsp3) is 0.250. The molecule has 22 heavy (non-hydrogen) atoms. The number of nitrogens with zero attached hydrogens (tertiary/aromatic N) is 2. The van der Waals surface area contributed by atoms with Crippen LogP contribution in [0, 0.1) is 0 Å². The molecule has 1 aromatic heterocycles. The van der Waals surface area contributed by atoms with Crippen molar-refractivity contribution in [3.63, 3.8) is 0 Å². The molecule has 1 aromatic carbocycles. The first-order valence-electron chi connectivity index (χ1n) is 6.00. The number of nitrogen functional groups attached to an aromatic ring is 1. The smallest absolute Gasteiger partial charge is 0.397 e. The number of rotatable bonds is 3. The monoisotopic (exact) mass is 353 g/mol. The summed E-state index contributed by atoms with van der Waals surface area (Å²) in [6.45, 7) is 1.43. The molecule has 0 fully saturated rings. The van der Waals surface area contributed by atoms with Gasteiger partial charge in [-0.1, -0.05) is 11.6 Å². The number of alkyl halides is 3. The van der Waals surface area contributed by atoms with E-state index in [-0.39, 0.29) is 21.9 Å². The van der Waals surface area contributed by atoms with Gasteiger partial charge in [-0.3, -0.25) is 0 Å². The minimum absolute atomic E-state index is 0.0732. The molecule has 0 amide bonds. The molecule has 0 radical (unpaired) electrons. The molecule has 0 aliphatic carbocycles. The molecule has 1 heterocycles. The predicted octanol–water partition coefficient (Wildman–Crippen LogP) is 3.00. The van der Waals surface area contributed by atoms with Crippen LogP contribution in [0.5, 0.6) is 0 Å². The molecule has 2 N–H and O–H groups in total. The van der Waals surface area contributed by atoms with Gasteiger partial charge < -0.3 is 5.73 Å². The lowest BCUT2D eigenvalue weighted by Crippen LogP contribution is -2.14. The maximum atomic E-state index is 12.9. The van der Waals surface area contributed by atoms with Crippen LogP contribution >= 0.6 is 11.6 Å². The highest BCUT2D eigenvalue weighted by Gasteiger charge is 2.34. The molecule has 0 bridgehead atoms. The minimum atomic E-state index is -4.67. The fourth-order valence-corrected chi connectivity index (χ4v) is 2.71. The Morgan fingerprint density at radius 3 is 2.50 bits per heavy atom. The summed E-state index contributed by atoms with van der Waals surface area (Å²) in [4.78, 5) is 0. The topological polar surface area (TPSA) is 78.0 Å². The SMILES string of the molecule is CCS(=O)(=O)n1cc(-c2cc(Cl)c(N)c(C(F)(F)F)c2)cn1. The van der Waals surface area contributed by atoms with Crippen LogP contribution in [0.25, 0.3) is 11.1 Å². The molecule has 0 aliphatic rings. The van der Waals surface area contributed by atoms with E-state index in [9.17, 15) is 21.6 Å². The summed E-state index contributed by atoms with van der Waals surface area (Å²) >= 11 is 5.73. The van der Waals surface area contributed by atoms with Crippen LogP contribution in [-0.4, -0.2) is 23.4 Å². The van der Waals surface area contributed by atoms with E-state index in [0.29, 0.717) is 4.09 Å². The van der Waals surface area contributed by atoms with Crippen LogP contribution in [0.2, 0.25) is 5.02 Å². The lowest BCUT2D eigenvalue weighted by atomic mass is 10.0. The molecule has 0 spiro atoms. The van der Waals surface area contributed by atoms with Crippen molar-refractivity contribution in [1.29, 1.82) is 0 Å². The predicted molar refractivity (Wildman–Crippen MR) is 76.9 cm³/mol. The molecule has 0 aliphatic heterocycles. The van der Waals surface area contributed by atoms with Crippen molar-refractivity contribution >= 4 is 27.3 Å². The zero-order valence-corrected chi connectivity index (χ0v) is 12.8. The Balaban J connectivity index is 2.58. The number of halogens is 4. The summed E-state index contributed by atoms with van der Waals surface area (Å²) in [6, 6.07) is 2.03. The second kappa shape index (κ2) is 5.47. The highest BCUT2D eigenvalue weighted by Crippen LogP contribution is 2.40. The van der Waals surface area contributed by atoms with Gasteiger partial charge in [0.05, 0.1) is 34.4 Å². The zero-order valence-electron chi connectivity index (χ0n) is 11.2. The Morgan fingerprint density at radius 1 is 1.32 bits per heavy atom. The van der Waals surface area contributed by atoms with Gasteiger partial charge in [0.15, 0.2) is 0 Å². The largest absolute Gasteiger partial charge is 0.418 e. The Kier molecular flexibility index (Phi) is 4.14. The van der Waals surface area contributed by atoms with E-state index in [2.05, 4.69) is 5.10 Å². The molecular formula is C12H11ClF3N3O2S. The van der Waals surface area contributed by atoms with Gasteiger partial charge in [0.25, 0.3) is 10.0 Å². The third kappa shape index (κ3) is 3.05. The van der Waals surface area contributed by atoms with Crippen molar-refractivity contribution < 1.29 is 21.6 Å². The van der Waals surface area contributed by atoms with E-state index in [1.54, 1.807) is 0 Å². The zero-order chi connectivity index (χ0) is 16.7. The highest BCUT2D eigenvalue weighted by molar-refractivity contribution is 7.89. The van der Waals surface area contributed by atoms with E-state index >= 15 is 0 Å². The van der Waals surface area contributed by atoms with E-state index < -0.39 is 27.5 Å².